The lowest BCUT2D eigenvalue weighted by Gasteiger charge is -2.11. The lowest BCUT2D eigenvalue weighted by molar-refractivity contribution is -0.147. The number of nitrogens with one attached hydrogen (secondary N) is 1. The van der Waals surface area contributed by atoms with Crippen molar-refractivity contribution >= 4 is 17.6 Å². The van der Waals surface area contributed by atoms with Crippen LogP contribution in [0.15, 0.2) is 18.2 Å². The van der Waals surface area contributed by atoms with Gasteiger partial charge in [0.25, 0.3) is 0 Å². The Bertz CT molecular complexity index is 412. The molecule has 5 heteroatoms. The van der Waals surface area contributed by atoms with E-state index < -0.39 is 5.82 Å². The number of hydrogen-bond donors (Lipinski definition) is 1. The van der Waals surface area contributed by atoms with Crippen LogP contribution in [0.2, 0.25) is 5.02 Å². The van der Waals surface area contributed by atoms with Crippen LogP contribution in [0.3, 0.4) is 0 Å². The Morgan fingerprint density at radius 1 is 1.56 bits per heavy atom. The molecule has 0 aliphatic carbocycles. The van der Waals surface area contributed by atoms with Crippen LogP contribution in [-0.4, -0.2) is 19.1 Å². The van der Waals surface area contributed by atoms with Gasteiger partial charge in [-0.1, -0.05) is 24.6 Å². The lowest BCUT2D eigenvalue weighted by atomic mass is 10.1. The second-order valence-electron chi connectivity index (χ2n) is 4.03. The fraction of sp³-hybridized carbons (Fsp3) is 0.462. The third kappa shape index (κ3) is 4.63. The predicted molar refractivity (Wildman–Crippen MR) is 68.9 cm³/mol. The predicted octanol–water partition coefficient (Wildman–Crippen LogP) is 2.77. The third-order valence-electron chi connectivity index (χ3n) is 2.45. The summed E-state index contributed by atoms with van der Waals surface area (Å²) in [6.07, 6.45) is 0. The van der Waals surface area contributed by atoms with Crippen molar-refractivity contribution in [1.29, 1.82) is 0 Å². The molecule has 0 saturated carbocycles. The summed E-state index contributed by atoms with van der Waals surface area (Å²) in [5.74, 6) is -0.858. The zero-order valence-electron chi connectivity index (χ0n) is 10.5. The molecule has 0 saturated heterocycles. The van der Waals surface area contributed by atoms with Crippen molar-refractivity contribution in [3.8, 4) is 0 Å². The molecule has 1 aromatic rings. The van der Waals surface area contributed by atoms with Gasteiger partial charge in [0.2, 0.25) is 0 Å². The maximum Gasteiger partial charge on any atom is 0.309 e. The Morgan fingerprint density at radius 3 is 2.89 bits per heavy atom. The van der Waals surface area contributed by atoms with Crippen molar-refractivity contribution in [2.75, 3.05) is 13.2 Å². The monoisotopic (exact) mass is 273 g/mol. The summed E-state index contributed by atoms with van der Waals surface area (Å²) in [4.78, 5) is 11.4. The first-order valence-electron chi connectivity index (χ1n) is 5.85. The summed E-state index contributed by atoms with van der Waals surface area (Å²) >= 11 is 5.67. The molecule has 0 aliphatic heterocycles. The minimum atomic E-state index is -0.430. The highest BCUT2D eigenvalue weighted by atomic mass is 35.5. The smallest absolute Gasteiger partial charge is 0.309 e. The standard InChI is InChI=1S/C13H17ClFNO2/c1-3-18-13(17)9(2)7-16-8-10-4-5-12(15)11(14)6-10/h4-6,9,16H,3,7-8H2,1-2H3. The van der Waals surface area contributed by atoms with Crippen LogP contribution in [0.4, 0.5) is 4.39 Å². The van der Waals surface area contributed by atoms with Crippen molar-refractivity contribution in [2.45, 2.75) is 20.4 Å². The van der Waals surface area contributed by atoms with E-state index in [0.29, 0.717) is 19.7 Å². The van der Waals surface area contributed by atoms with E-state index in [4.69, 9.17) is 16.3 Å². The van der Waals surface area contributed by atoms with Gasteiger partial charge >= 0.3 is 5.97 Å². The molecule has 3 nitrogen and oxygen atoms in total. The van der Waals surface area contributed by atoms with Crippen LogP contribution in [-0.2, 0) is 16.1 Å². The van der Waals surface area contributed by atoms with Gasteiger partial charge in [-0.3, -0.25) is 4.79 Å². The van der Waals surface area contributed by atoms with E-state index in [1.165, 1.54) is 6.07 Å². The van der Waals surface area contributed by atoms with Crippen molar-refractivity contribution < 1.29 is 13.9 Å². The number of carbonyl (C=O) groups is 1. The maximum atomic E-state index is 12.9. The third-order valence-corrected chi connectivity index (χ3v) is 2.74. The van der Waals surface area contributed by atoms with Crippen LogP contribution in [0, 0.1) is 11.7 Å². The Hall–Kier alpha value is -1.13. The molecule has 0 spiro atoms. The molecular formula is C13H17ClFNO2. The Kier molecular flexibility index (Phi) is 6.09. The summed E-state index contributed by atoms with van der Waals surface area (Å²) in [5, 5.41) is 3.21. The number of halogens is 2. The molecule has 0 heterocycles. The van der Waals surface area contributed by atoms with E-state index in [2.05, 4.69) is 5.32 Å². The molecule has 0 amide bonds. The van der Waals surface area contributed by atoms with Gasteiger partial charge < -0.3 is 10.1 Å². The first-order valence-corrected chi connectivity index (χ1v) is 6.23. The van der Waals surface area contributed by atoms with Gasteiger partial charge in [-0.05, 0) is 24.6 Å². The van der Waals surface area contributed by atoms with E-state index in [-0.39, 0.29) is 16.9 Å². The first-order chi connectivity index (χ1) is 8.54. The number of benzene rings is 1. The molecule has 1 atom stereocenters. The zero-order chi connectivity index (χ0) is 13.5. The molecule has 0 bridgehead atoms. The highest BCUT2D eigenvalue weighted by Gasteiger charge is 2.13. The fourth-order valence-corrected chi connectivity index (χ4v) is 1.65. The molecule has 0 fully saturated rings. The quantitative estimate of drug-likeness (QED) is 0.810. The highest BCUT2D eigenvalue weighted by Crippen LogP contribution is 2.15. The van der Waals surface area contributed by atoms with E-state index in [1.807, 2.05) is 0 Å². The van der Waals surface area contributed by atoms with Gasteiger partial charge in [-0.2, -0.15) is 0 Å². The van der Waals surface area contributed by atoms with Crippen LogP contribution < -0.4 is 5.32 Å². The van der Waals surface area contributed by atoms with Crippen LogP contribution in [0.25, 0.3) is 0 Å². The molecular weight excluding hydrogens is 257 g/mol. The van der Waals surface area contributed by atoms with Gasteiger partial charge in [-0.15, -0.1) is 0 Å². The van der Waals surface area contributed by atoms with Gasteiger partial charge in [-0.25, -0.2) is 4.39 Å². The van der Waals surface area contributed by atoms with Crippen molar-refractivity contribution in [3.63, 3.8) is 0 Å². The second-order valence-corrected chi connectivity index (χ2v) is 4.44. The van der Waals surface area contributed by atoms with Crippen LogP contribution in [0.1, 0.15) is 19.4 Å². The van der Waals surface area contributed by atoms with Crippen molar-refractivity contribution in [2.24, 2.45) is 5.92 Å². The average molecular weight is 274 g/mol. The minimum absolute atomic E-state index is 0.104. The molecule has 0 aromatic heterocycles. The van der Waals surface area contributed by atoms with E-state index >= 15 is 0 Å². The summed E-state index contributed by atoms with van der Waals surface area (Å²) in [7, 11) is 0. The van der Waals surface area contributed by atoms with E-state index in [1.54, 1.807) is 26.0 Å². The zero-order valence-corrected chi connectivity index (χ0v) is 11.3. The fourth-order valence-electron chi connectivity index (χ4n) is 1.45. The van der Waals surface area contributed by atoms with Gasteiger partial charge in [0.1, 0.15) is 5.82 Å². The summed E-state index contributed by atoms with van der Waals surface area (Å²) in [5.41, 5.74) is 0.873. The number of ether oxygens (including phenoxy) is 1. The minimum Gasteiger partial charge on any atom is -0.466 e. The summed E-state index contributed by atoms with van der Waals surface area (Å²) in [6, 6.07) is 4.55. The molecule has 1 unspecified atom stereocenters. The number of esters is 1. The molecule has 100 valence electrons. The molecule has 18 heavy (non-hydrogen) atoms. The molecule has 1 N–H and O–H groups in total. The van der Waals surface area contributed by atoms with Gasteiger partial charge in [0.15, 0.2) is 0 Å². The largest absolute Gasteiger partial charge is 0.466 e. The molecule has 1 aromatic carbocycles. The number of hydrogen-bond acceptors (Lipinski definition) is 3. The van der Waals surface area contributed by atoms with Gasteiger partial charge in [0, 0.05) is 13.1 Å². The normalized spacial score (nSPS) is 12.2. The number of carbonyl (C=O) groups excluding carboxylic acids is 1. The van der Waals surface area contributed by atoms with E-state index in [9.17, 15) is 9.18 Å². The number of rotatable bonds is 6. The Balaban J connectivity index is 2.37. The van der Waals surface area contributed by atoms with Gasteiger partial charge in [0.05, 0.1) is 17.5 Å². The first kappa shape index (κ1) is 14.9. The van der Waals surface area contributed by atoms with Crippen molar-refractivity contribution in [3.05, 3.63) is 34.6 Å². The highest BCUT2D eigenvalue weighted by molar-refractivity contribution is 6.30. The SMILES string of the molecule is CCOC(=O)C(C)CNCc1ccc(F)c(Cl)c1. The average Bonchev–Trinajstić information content (AvgIpc) is 2.34. The second kappa shape index (κ2) is 7.34. The summed E-state index contributed by atoms with van der Waals surface area (Å²) in [6.45, 7) is 5.00. The molecule has 0 aliphatic rings. The Labute approximate surface area is 111 Å². The van der Waals surface area contributed by atoms with Crippen molar-refractivity contribution in [1.82, 2.24) is 5.32 Å². The topological polar surface area (TPSA) is 38.3 Å². The summed E-state index contributed by atoms with van der Waals surface area (Å²) < 4.78 is 17.8. The Morgan fingerprint density at radius 2 is 2.28 bits per heavy atom. The van der Waals surface area contributed by atoms with Crippen LogP contribution in [0.5, 0.6) is 0 Å². The molecule has 0 radical (unpaired) electrons. The maximum absolute atomic E-state index is 12.9. The van der Waals surface area contributed by atoms with Crippen LogP contribution >= 0.6 is 11.6 Å². The lowest BCUT2D eigenvalue weighted by Crippen LogP contribution is -2.27. The van der Waals surface area contributed by atoms with E-state index in [0.717, 1.165) is 5.56 Å². The molecule has 1 rings (SSSR count).